The molecular formula is C26H57NSi. The molecule has 0 aliphatic rings. The first-order valence-corrected chi connectivity index (χ1v) is 13.6. The molecule has 0 heterocycles. The van der Waals surface area contributed by atoms with Gasteiger partial charge >= 0.3 is 0 Å². The van der Waals surface area contributed by atoms with Gasteiger partial charge in [0.2, 0.25) is 0 Å². The van der Waals surface area contributed by atoms with E-state index in [-0.39, 0.29) is 0 Å². The van der Waals surface area contributed by atoms with E-state index in [0.717, 1.165) is 17.8 Å². The summed E-state index contributed by atoms with van der Waals surface area (Å²) in [5.41, 5.74) is 0.758. The van der Waals surface area contributed by atoms with Crippen molar-refractivity contribution in [1.29, 1.82) is 0 Å². The van der Waals surface area contributed by atoms with Crippen molar-refractivity contribution in [1.82, 2.24) is 4.57 Å². The van der Waals surface area contributed by atoms with E-state index in [4.69, 9.17) is 0 Å². The Morgan fingerprint density at radius 2 is 1.00 bits per heavy atom. The molecule has 0 saturated carbocycles. The summed E-state index contributed by atoms with van der Waals surface area (Å²) in [5.74, 6) is 2.21. The number of hydrogen-bond donors (Lipinski definition) is 0. The van der Waals surface area contributed by atoms with Gasteiger partial charge in [0.25, 0.3) is 0 Å². The lowest BCUT2D eigenvalue weighted by Crippen LogP contribution is -2.51. The molecule has 2 heteroatoms. The minimum absolute atomic E-state index is 0.324. The van der Waals surface area contributed by atoms with Crippen LogP contribution in [0.3, 0.4) is 0 Å². The molecule has 0 aliphatic carbocycles. The minimum Gasteiger partial charge on any atom is -0.327 e. The summed E-state index contributed by atoms with van der Waals surface area (Å²) in [6.07, 6.45) is 15.7. The van der Waals surface area contributed by atoms with E-state index in [1.807, 2.05) is 0 Å². The normalized spacial score (nSPS) is 13.6. The van der Waals surface area contributed by atoms with Crippen LogP contribution in [0.4, 0.5) is 0 Å². The molecule has 0 bridgehead atoms. The van der Waals surface area contributed by atoms with Gasteiger partial charge in [-0.2, -0.15) is 0 Å². The standard InChI is InChI=1S/C26H57NSi/c1-10-11-12-13-14-15-16-17-18-19-20-27(28)25(8,9)21-26(22(2)3,23(4)5)24(6)7/h22-24H,10-21H2,1-9,28H3. The fourth-order valence-corrected chi connectivity index (χ4v) is 6.11. The molecule has 0 aromatic carbocycles. The average molecular weight is 412 g/mol. The Morgan fingerprint density at radius 1 is 0.643 bits per heavy atom. The molecule has 0 amide bonds. The molecule has 0 rings (SSSR count). The van der Waals surface area contributed by atoms with Gasteiger partial charge in [-0.25, -0.2) is 0 Å². The molecule has 0 saturated heterocycles. The fourth-order valence-electron chi connectivity index (χ4n) is 5.64. The van der Waals surface area contributed by atoms with Crippen molar-refractivity contribution in [3.05, 3.63) is 0 Å². The van der Waals surface area contributed by atoms with Crippen molar-refractivity contribution in [2.24, 2.45) is 23.2 Å². The highest BCUT2D eigenvalue weighted by molar-refractivity contribution is 6.04. The van der Waals surface area contributed by atoms with Crippen LogP contribution in [-0.2, 0) is 0 Å². The van der Waals surface area contributed by atoms with Crippen LogP contribution in [0.5, 0.6) is 0 Å². The van der Waals surface area contributed by atoms with Crippen molar-refractivity contribution in [3.8, 4) is 0 Å². The van der Waals surface area contributed by atoms with Crippen LogP contribution in [0.15, 0.2) is 0 Å². The second kappa shape index (κ2) is 14.2. The third-order valence-electron chi connectivity index (χ3n) is 7.84. The zero-order valence-corrected chi connectivity index (χ0v) is 23.7. The summed E-state index contributed by atoms with van der Waals surface area (Å²) in [7, 11) is 1.18. The fraction of sp³-hybridized carbons (Fsp3) is 1.00. The molecule has 0 fully saturated rings. The molecule has 170 valence electrons. The Kier molecular flexibility index (Phi) is 14.3. The number of nitrogens with zero attached hydrogens (tertiary/aromatic N) is 1. The van der Waals surface area contributed by atoms with E-state index in [1.54, 1.807) is 0 Å². The van der Waals surface area contributed by atoms with Crippen LogP contribution in [0.25, 0.3) is 0 Å². The molecular weight excluding hydrogens is 354 g/mol. The van der Waals surface area contributed by atoms with Gasteiger partial charge in [-0.3, -0.25) is 0 Å². The number of unbranched alkanes of at least 4 members (excludes halogenated alkanes) is 9. The third-order valence-corrected chi connectivity index (χ3v) is 9.50. The highest BCUT2D eigenvalue weighted by Crippen LogP contribution is 2.49. The van der Waals surface area contributed by atoms with Crippen molar-refractivity contribution in [3.63, 3.8) is 0 Å². The van der Waals surface area contributed by atoms with Crippen molar-refractivity contribution < 1.29 is 0 Å². The van der Waals surface area contributed by atoms with E-state index >= 15 is 0 Å². The largest absolute Gasteiger partial charge is 0.327 e. The highest BCUT2D eigenvalue weighted by atomic mass is 28.2. The molecule has 0 unspecified atom stereocenters. The van der Waals surface area contributed by atoms with E-state index in [1.165, 1.54) is 87.6 Å². The Morgan fingerprint density at radius 3 is 1.36 bits per heavy atom. The SMILES string of the molecule is CCCCCCCCCCCCN([SiH3])C(C)(C)CC(C(C)C)(C(C)C)C(C)C. The second-order valence-corrected chi connectivity index (χ2v) is 12.2. The molecule has 0 spiro atoms. The lowest BCUT2D eigenvalue weighted by Gasteiger charge is -2.52. The first-order chi connectivity index (χ1) is 13.0. The number of rotatable bonds is 17. The van der Waals surface area contributed by atoms with Gasteiger partial charge < -0.3 is 4.57 Å². The van der Waals surface area contributed by atoms with Gasteiger partial charge in [0.1, 0.15) is 0 Å². The summed E-state index contributed by atoms with van der Waals surface area (Å²) < 4.78 is 2.79. The molecule has 0 N–H and O–H groups in total. The van der Waals surface area contributed by atoms with E-state index < -0.39 is 0 Å². The van der Waals surface area contributed by atoms with Crippen LogP contribution < -0.4 is 0 Å². The van der Waals surface area contributed by atoms with Crippen LogP contribution in [0.1, 0.15) is 133 Å². The third kappa shape index (κ3) is 9.33. The molecule has 1 nitrogen and oxygen atoms in total. The predicted octanol–water partition coefficient (Wildman–Crippen LogP) is 7.61. The predicted molar refractivity (Wildman–Crippen MR) is 134 cm³/mol. The average Bonchev–Trinajstić information content (AvgIpc) is 2.60. The van der Waals surface area contributed by atoms with Crippen molar-refractivity contribution in [2.75, 3.05) is 6.54 Å². The Labute approximate surface area is 183 Å². The van der Waals surface area contributed by atoms with Gasteiger partial charge in [0, 0.05) is 5.54 Å². The summed E-state index contributed by atoms with van der Waals surface area (Å²) in [5, 5.41) is 0. The van der Waals surface area contributed by atoms with Gasteiger partial charge in [-0.15, -0.1) is 0 Å². The maximum atomic E-state index is 2.79. The monoisotopic (exact) mass is 411 g/mol. The minimum atomic E-state index is 0.324. The van der Waals surface area contributed by atoms with Crippen LogP contribution >= 0.6 is 0 Å². The zero-order chi connectivity index (χ0) is 21.8. The summed E-state index contributed by atoms with van der Waals surface area (Å²) >= 11 is 0. The van der Waals surface area contributed by atoms with Gasteiger partial charge in [-0.1, -0.05) is 106 Å². The lowest BCUT2D eigenvalue weighted by atomic mass is 9.57. The van der Waals surface area contributed by atoms with E-state index in [9.17, 15) is 0 Å². The van der Waals surface area contributed by atoms with Crippen molar-refractivity contribution in [2.45, 2.75) is 138 Å². The second-order valence-electron chi connectivity index (χ2n) is 11.2. The Balaban J connectivity index is 4.35. The van der Waals surface area contributed by atoms with Gasteiger partial charge in [-0.05, 0) is 56.4 Å². The van der Waals surface area contributed by atoms with Gasteiger partial charge in [0.15, 0.2) is 0 Å². The first-order valence-electron chi connectivity index (χ1n) is 12.7. The molecule has 0 radical (unpaired) electrons. The highest BCUT2D eigenvalue weighted by Gasteiger charge is 2.44. The van der Waals surface area contributed by atoms with Crippen LogP contribution in [-0.4, -0.2) is 27.1 Å². The van der Waals surface area contributed by atoms with E-state index in [0.29, 0.717) is 11.0 Å². The molecule has 0 aromatic heterocycles. The van der Waals surface area contributed by atoms with Crippen LogP contribution in [0, 0.1) is 23.2 Å². The molecule has 0 aliphatic heterocycles. The molecule has 28 heavy (non-hydrogen) atoms. The quantitative estimate of drug-likeness (QED) is 0.176. The van der Waals surface area contributed by atoms with Crippen LogP contribution in [0.2, 0.25) is 0 Å². The van der Waals surface area contributed by atoms with Gasteiger partial charge in [0.05, 0.1) is 10.4 Å². The molecule has 0 atom stereocenters. The van der Waals surface area contributed by atoms with E-state index in [2.05, 4.69) is 66.9 Å². The maximum absolute atomic E-state index is 2.79. The lowest BCUT2D eigenvalue weighted by molar-refractivity contribution is -0.00597. The Hall–Kier alpha value is 0.177. The first kappa shape index (κ1) is 28.2. The topological polar surface area (TPSA) is 3.24 Å². The molecule has 0 aromatic rings. The summed E-state index contributed by atoms with van der Waals surface area (Å²) in [6.45, 7) is 23.4. The maximum Gasteiger partial charge on any atom is 0.0791 e. The summed E-state index contributed by atoms with van der Waals surface area (Å²) in [6, 6.07) is 0. The summed E-state index contributed by atoms with van der Waals surface area (Å²) in [4.78, 5) is 0. The zero-order valence-electron chi connectivity index (χ0n) is 21.7. The number of hydrogen-bond acceptors (Lipinski definition) is 1. The Bertz CT molecular complexity index is 351. The smallest absolute Gasteiger partial charge is 0.0791 e. The van der Waals surface area contributed by atoms with Crippen molar-refractivity contribution >= 4 is 10.4 Å².